The predicted octanol–water partition coefficient (Wildman–Crippen LogP) is 2.95. The summed E-state index contributed by atoms with van der Waals surface area (Å²) in [5, 5.41) is 0. The Balaban J connectivity index is 1.66. The number of fused-ring (bicyclic) bond motifs is 1. The minimum atomic E-state index is -3.31. The molecular formula is C26H23N3O6S. The van der Waals surface area contributed by atoms with E-state index in [1.165, 1.54) is 18.5 Å². The summed E-state index contributed by atoms with van der Waals surface area (Å²) in [6.45, 7) is 0.215. The Morgan fingerprint density at radius 1 is 1.08 bits per heavy atom. The first-order valence-electron chi connectivity index (χ1n) is 11.1. The molecule has 0 radical (unpaired) electrons. The molecule has 9 nitrogen and oxygen atoms in total. The number of hydrogen-bond donors (Lipinski definition) is 2. The summed E-state index contributed by atoms with van der Waals surface area (Å²) in [5.41, 5.74) is 4.29. The molecule has 4 aromatic rings. The van der Waals surface area contributed by atoms with Crippen molar-refractivity contribution >= 4 is 15.6 Å². The van der Waals surface area contributed by atoms with Crippen molar-refractivity contribution in [1.29, 1.82) is 0 Å². The van der Waals surface area contributed by atoms with E-state index >= 15 is 0 Å². The number of allylic oxidation sites excluding steroid dienone is 1. The lowest BCUT2D eigenvalue weighted by Crippen LogP contribution is -2.32. The number of nitrogens with one attached hydrogen (secondary N) is 2. The monoisotopic (exact) mass is 505 g/mol. The van der Waals surface area contributed by atoms with Crippen LogP contribution < -0.4 is 20.7 Å². The summed E-state index contributed by atoms with van der Waals surface area (Å²) in [5.74, 6) is 1.05. The summed E-state index contributed by atoms with van der Waals surface area (Å²) < 4.78 is 38.1. The first-order valence-corrected chi connectivity index (χ1v) is 13.0. The maximum absolute atomic E-state index is 12.6. The van der Waals surface area contributed by atoms with Gasteiger partial charge in [-0.2, -0.15) is 0 Å². The smallest absolute Gasteiger partial charge is 0.332 e. The van der Waals surface area contributed by atoms with Gasteiger partial charge < -0.3 is 14.1 Å². The van der Waals surface area contributed by atoms with Gasteiger partial charge in [0.15, 0.2) is 0 Å². The van der Waals surface area contributed by atoms with E-state index in [2.05, 4.69) is 9.71 Å². The normalized spacial score (nSPS) is 12.9. The van der Waals surface area contributed by atoms with Crippen LogP contribution in [0.1, 0.15) is 11.1 Å². The number of furan rings is 1. The summed E-state index contributed by atoms with van der Waals surface area (Å²) in [6.07, 6.45) is 6.62. The average molecular weight is 506 g/mol. The number of ether oxygens (including phenoxy) is 1. The third kappa shape index (κ3) is 4.43. The van der Waals surface area contributed by atoms with Crippen LogP contribution in [0.2, 0.25) is 0 Å². The number of methoxy groups -OCH3 is 1. The minimum Gasteiger partial charge on any atom is -0.495 e. The van der Waals surface area contributed by atoms with Gasteiger partial charge >= 0.3 is 5.69 Å². The van der Waals surface area contributed by atoms with Gasteiger partial charge in [-0.15, -0.1) is 0 Å². The van der Waals surface area contributed by atoms with E-state index in [-0.39, 0.29) is 6.54 Å². The molecule has 2 N–H and O–H groups in total. The van der Waals surface area contributed by atoms with Crippen molar-refractivity contribution in [3.8, 4) is 33.9 Å². The van der Waals surface area contributed by atoms with Crippen LogP contribution in [0.5, 0.6) is 5.75 Å². The topological polar surface area (TPSA) is 123 Å². The van der Waals surface area contributed by atoms with Gasteiger partial charge in [-0.05, 0) is 52.9 Å². The zero-order chi connectivity index (χ0) is 25.4. The Bertz CT molecular complexity index is 1690. The van der Waals surface area contributed by atoms with Gasteiger partial charge in [-0.25, -0.2) is 22.5 Å². The Hall–Kier alpha value is -4.15. The molecule has 2 aromatic carbocycles. The molecule has 36 heavy (non-hydrogen) atoms. The van der Waals surface area contributed by atoms with Crippen LogP contribution in [0.15, 0.2) is 81.1 Å². The second kappa shape index (κ2) is 9.14. The summed E-state index contributed by atoms with van der Waals surface area (Å²) in [6, 6.07) is 14.1. The highest BCUT2D eigenvalue weighted by molar-refractivity contribution is 7.88. The fourth-order valence-electron chi connectivity index (χ4n) is 4.42. The lowest BCUT2D eigenvalue weighted by Gasteiger charge is -2.17. The van der Waals surface area contributed by atoms with Crippen LogP contribution in [0.3, 0.4) is 0 Å². The van der Waals surface area contributed by atoms with Crippen LogP contribution in [-0.4, -0.2) is 37.9 Å². The molecule has 2 heterocycles. The highest BCUT2D eigenvalue weighted by Crippen LogP contribution is 2.42. The molecule has 1 aliphatic carbocycles. The Morgan fingerprint density at radius 2 is 1.89 bits per heavy atom. The third-order valence-corrected chi connectivity index (χ3v) is 6.70. The standard InChI is InChI=1S/C26H23N3O6S/c1-34-25-21(17-7-8-20-16(12-17)5-6-18(20)15-28-36(2,32)33)13-19(14-22(25)23-4-3-11-35-23)29-24(30)9-10-27-26(29)31/h3-4,6-14,28H,5,15H2,1-2H3,(H,27,31). The van der Waals surface area contributed by atoms with Gasteiger partial charge in [0, 0.05) is 24.4 Å². The van der Waals surface area contributed by atoms with Crippen molar-refractivity contribution in [2.45, 2.75) is 6.42 Å². The van der Waals surface area contributed by atoms with Crippen LogP contribution in [0, 0.1) is 0 Å². The van der Waals surface area contributed by atoms with Gasteiger partial charge in [-0.1, -0.05) is 24.3 Å². The molecule has 0 unspecified atom stereocenters. The number of sulfonamides is 1. The van der Waals surface area contributed by atoms with Crippen LogP contribution >= 0.6 is 0 Å². The van der Waals surface area contributed by atoms with Gasteiger partial charge in [0.2, 0.25) is 10.0 Å². The van der Waals surface area contributed by atoms with Crippen LogP contribution in [0.25, 0.3) is 33.7 Å². The van der Waals surface area contributed by atoms with Crippen molar-refractivity contribution in [1.82, 2.24) is 14.3 Å². The van der Waals surface area contributed by atoms with Crippen molar-refractivity contribution in [2.24, 2.45) is 0 Å². The van der Waals surface area contributed by atoms with Crippen molar-refractivity contribution in [3.05, 3.63) is 99.0 Å². The second-order valence-electron chi connectivity index (χ2n) is 8.41. The molecule has 10 heteroatoms. The SMILES string of the molecule is COc1c(-c2ccc3c(c2)CC=C3CNS(C)(=O)=O)cc(-n2c(=O)cc[nH]c2=O)cc1-c1ccco1. The fraction of sp³-hybridized carbons (Fsp3) is 0.154. The highest BCUT2D eigenvalue weighted by atomic mass is 32.2. The van der Waals surface area contributed by atoms with Gasteiger partial charge in [0.25, 0.3) is 5.56 Å². The zero-order valence-corrected chi connectivity index (χ0v) is 20.4. The van der Waals surface area contributed by atoms with Gasteiger partial charge in [0.05, 0.1) is 30.9 Å². The van der Waals surface area contributed by atoms with Gasteiger partial charge in [0.1, 0.15) is 11.5 Å². The molecule has 1 aliphatic rings. The van der Waals surface area contributed by atoms with E-state index in [1.54, 1.807) is 31.4 Å². The Morgan fingerprint density at radius 3 is 2.58 bits per heavy atom. The van der Waals surface area contributed by atoms with Crippen molar-refractivity contribution < 1.29 is 17.6 Å². The number of H-pyrrole nitrogens is 1. The lowest BCUT2D eigenvalue weighted by molar-refractivity contribution is 0.416. The van der Waals surface area contributed by atoms with E-state index in [4.69, 9.17) is 9.15 Å². The summed E-state index contributed by atoms with van der Waals surface area (Å²) >= 11 is 0. The molecule has 0 amide bonds. The number of nitrogens with zero attached hydrogens (tertiary/aromatic N) is 1. The predicted molar refractivity (Wildman–Crippen MR) is 137 cm³/mol. The molecule has 0 atom stereocenters. The molecule has 2 aromatic heterocycles. The highest BCUT2D eigenvalue weighted by Gasteiger charge is 2.21. The van der Waals surface area contributed by atoms with Crippen LogP contribution in [-0.2, 0) is 16.4 Å². The zero-order valence-electron chi connectivity index (χ0n) is 19.6. The number of hydrogen-bond acceptors (Lipinski definition) is 6. The lowest BCUT2D eigenvalue weighted by atomic mass is 9.95. The molecule has 5 rings (SSSR count). The van der Waals surface area contributed by atoms with E-state index in [0.717, 1.165) is 33.1 Å². The molecule has 0 saturated carbocycles. The molecule has 0 fully saturated rings. The summed E-state index contributed by atoms with van der Waals surface area (Å²) in [4.78, 5) is 27.7. The number of aromatic amines is 1. The first kappa shape index (κ1) is 23.6. The largest absolute Gasteiger partial charge is 0.495 e. The fourth-order valence-corrected chi connectivity index (χ4v) is 4.84. The number of rotatable bonds is 7. The number of benzene rings is 2. The second-order valence-corrected chi connectivity index (χ2v) is 10.2. The quantitative estimate of drug-likeness (QED) is 0.398. The Labute approximate surface area is 206 Å². The minimum absolute atomic E-state index is 0.215. The number of aromatic nitrogens is 2. The maximum atomic E-state index is 12.6. The molecular weight excluding hydrogens is 482 g/mol. The average Bonchev–Trinajstić information content (AvgIpc) is 3.51. The maximum Gasteiger partial charge on any atom is 0.332 e. The van der Waals surface area contributed by atoms with Crippen LogP contribution in [0.4, 0.5) is 0 Å². The van der Waals surface area contributed by atoms with Crippen molar-refractivity contribution in [3.63, 3.8) is 0 Å². The van der Waals surface area contributed by atoms with Crippen molar-refractivity contribution in [2.75, 3.05) is 19.9 Å². The summed E-state index contributed by atoms with van der Waals surface area (Å²) in [7, 11) is -1.76. The molecule has 0 spiro atoms. The molecule has 0 bridgehead atoms. The van der Waals surface area contributed by atoms with E-state index < -0.39 is 21.3 Å². The van der Waals surface area contributed by atoms with E-state index in [9.17, 15) is 18.0 Å². The van der Waals surface area contributed by atoms with Gasteiger partial charge in [-0.3, -0.25) is 4.79 Å². The van der Waals surface area contributed by atoms with E-state index in [0.29, 0.717) is 34.7 Å². The van der Waals surface area contributed by atoms with E-state index in [1.807, 2.05) is 24.3 Å². The third-order valence-electron chi connectivity index (χ3n) is 6.03. The molecule has 0 aliphatic heterocycles. The molecule has 184 valence electrons. The Kier molecular flexibility index (Phi) is 5.99. The molecule has 0 saturated heterocycles. The first-order chi connectivity index (χ1) is 17.2.